The maximum atomic E-state index is 10.3. The second-order valence-electron chi connectivity index (χ2n) is 6.55. The zero-order valence-electron chi connectivity index (χ0n) is 14.1. The fraction of sp³-hybridized carbons (Fsp3) is 0.143. The average molecular weight is 336 g/mol. The fourth-order valence-electron chi connectivity index (χ4n) is 3.00. The number of phenolic OH excluding ortho intramolecular Hbond substituents is 4. The van der Waals surface area contributed by atoms with Crippen molar-refractivity contribution in [2.75, 3.05) is 0 Å². The van der Waals surface area contributed by atoms with Gasteiger partial charge in [0.15, 0.2) is 11.5 Å². The Balaban J connectivity index is 2.14. The van der Waals surface area contributed by atoms with E-state index in [4.69, 9.17) is 0 Å². The van der Waals surface area contributed by atoms with Crippen LogP contribution in [0, 0.1) is 0 Å². The first-order valence-corrected chi connectivity index (χ1v) is 7.95. The van der Waals surface area contributed by atoms with Gasteiger partial charge in [0.05, 0.1) is 0 Å². The lowest BCUT2D eigenvalue weighted by Gasteiger charge is -2.28. The van der Waals surface area contributed by atoms with E-state index in [1.54, 1.807) is 18.2 Å². The normalized spacial score (nSPS) is 11.4. The molecule has 0 fully saturated rings. The molecule has 3 aromatic carbocycles. The molecule has 3 aromatic rings. The smallest absolute Gasteiger partial charge is 0.200 e. The minimum atomic E-state index is -0.660. The Labute approximate surface area is 146 Å². The van der Waals surface area contributed by atoms with Gasteiger partial charge in [-0.25, -0.2) is 0 Å². The quantitative estimate of drug-likeness (QED) is 0.531. The average Bonchev–Trinajstić information content (AvgIpc) is 2.60. The Morgan fingerprint density at radius 2 is 1.32 bits per heavy atom. The highest BCUT2D eigenvalue weighted by Gasteiger charge is 2.29. The summed E-state index contributed by atoms with van der Waals surface area (Å²) in [6.07, 6.45) is 0. The lowest BCUT2D eigenvalue weighted by molar-refractivity contribution is 0.360. The molecule has 0 bridgehead atoms. The van der Waals surface area contributed by atoms with Crippen LogP contribution in [-0.2, 0) is 5.41 Å². The molecule has 0 saturated carbocycles. The van der Waals surface area contributed by atoms with Gasteiger partial charge in [-0.2, -0.15) is 0 Å². The van der Waals surface area contributed by atoms with Gasteiger partial charge in [0.1, 0.15) is 5.75 Å². The Kier molecular flexibility index (Phi) is 4.05. The molecule has 0 aromatic heterocycles. The number of phenols is 4. The van der Waals surface area contributed by atoms with Gasteiger partial charge < -0.3 is 20.4 Å². The van der Waals surface area contributed by atoms with Gasteiger partial charge in [-0.1, -0.05) is 56.3 Å². The van der Waals surface area contributed by atoms with Crippen molar-refractivity contribution in [2.45, 2.75) is 19.3 Å². The van der Waals surface area contributed by atoms with E-state index in [-0.39, 0.29) is 17.2 Å². The van der Waals surface area contributed by atoms with Crippen LogP contribution < -0.4 is 0 Å². The van der Waals surface area contributed by atoms with Crippen LogP contribution >= 0.6 is 0 Å². The van der Waals surface area contributed by atoms with Crippen LogP contribution in [0.1, 0.15) is 25.0 Å². The molecule has 0 spiro atoms. The molecule has 0 aliphatic rings. The fourth-order valence-corrected chi connectivity index (χ4v) is 3.00. The van der Waals surface area contributed by atoms with Gasteiger partial charge in [-0.15, -0.1) is 0 Å². The van der Waals surface area contributed by atoms with Crippen molar-refractivity contribution >= 4 is 0 Å². The maximum Gasteiger partial charge on any atom is 0.200 e. The van der Waals surface area contributed by atoms with E-state index in [2.05, 4.69) is 0 Å². The highest BCUT2D eigenvalue weighted by Crippen LogP contribution is 2.45. The molecule has 25 heavy (non-hydrogen) atoms. The highest BCUT2D eigenvalue weighted by molar-refractivity contribution is 5.71. The predicted octanol–water partition coefficient (Wildman–Crippen LogP) is 4.50. The molecule has 4 nitrogen and oxygen atoms in total. The van der Waals surface area contributed by atoms with Gasteiger partial charge in [0.2, 0.25) is 5.75 Å². The van der Waals surface area contributed by atoms with Crippen LogP contribution in [0.4, 0.5) is 0 Å². The van der Waals surface area contributed by atoms with Gasteiger partial charge in [0, 0.05) is 16.5 Å². The van der Waals surface area contributed by atoms with Crippen molar-refractivity contribution in [1.82, 2.24) is 0 Å². The zero-order valence-corrected chi connectivity index (χ0v) is 14.1. The van der Waals surface area contributed by atoms with E-state index in [1.165, 1.54) is 6.07 Å². The van der Waals surface area contributed by atoms with Gasteiger partial charge in [-0.05, 0) is 29.3 Å². The summed E-state index contributed by atoms with van der Waals surface area (Å²) in [5.74, 6) is -1.08. The molecule has 0 amide bonds. The molecular weight excluding hydrogens is 316 g/mol. The monoisotopic (exact) mass is 336 g/mol. The van der Waals surface area contributed by atoms with Crippen molar-refractivity contribution in [3.63, 3.8) is 0 Å². The second-order valence-corrected chi connectivity index (χ2v) is 6.55. The summed E-state index contributed by atoms with van der Waals surface area (Å²) in [5.41, 5.74) is 2.24. The number of hydrogen-bond donors (Lipinski definition) is 4. The minimum Gasteiger partial charge on any atom is -0.507 e. The van der Waals surface area contributed by atoms with Gasteiger partial charge in [-0.3, -0.25) is 0 Å². The lowest BCUT2D eigenvalue weighted by atomic mass is 9.76. The molecule has 3 rings (SSSR count). The summed E-state index contributed by atoms with van der Waals surface area (Å²) in [4.78, 5) is 0. The first-order valence-electron chi connectivity index (χ1n) is 7.95. The predicted molar refractivity (Wildman–Crippen MR) is 97.1 cm³/mol. The molecule has 0 atom stereocenters. The summed E-state index contributed by atoms with van der Waals surface area (Å²) in [6.45, 7) is 3.80. The standard InChI is InChI=1S/C21H20O4/c1-21(2,16-9-11-18(23)20(25)19(16)24)14-8-10-17(22)15(12-14)13-6-4-3-5-7-13/h3-12,22-25H,1-2H3. The summed E-state index contributed by atoms with van der Waals surface area (Å²) in [7, 11) is 0. The number of hydrogen-bond acceptors (Lipinski definition) is 4. The molecule has 0 saturated heterocycles. The summed E-state index contributed by atoms with van der Waals surface area (Å²) in [6, 6.07) is 17.7. The van der Waals surface area contributed by atoms with Crippen molar-refractivity contribution in [3.8, 4) is 34.1 Å². The number of benzene rings is 3. The summed E-state index contributed by atoms with van der Waals surface area (Å²) >= 11 is 0. The highest BCUT2D eigenvalue weighted by atomic mass is 16.3. The Morgan fingerprint density at radius 1 is 0.680 bits per heavy atom. The first-order chi connectivity index (χ1) is 11.8. The molecular formula is C21H20O4. The van der Waals surface area contributed by atoms with Crippen LogP contribution in [0.2, 0.25) is 0 Å². The van der Waals surface area contributed by atoms with E-state index >= 15 is 0 Å². The second kappa shape index (κ2) is 6.06. The number of aromatic hydroxyl groups is 4. The van der Waals surface area contributed by atoms with Crippen LogP contribution in [-0.4, -0.2) is 20.4 Å². The largest absolute Gasteiger partial charge is 0.507 e. The molecule has 0 heterocycles. The first kappa shape index (κ1) is 16.7. The van der Waals surface area contributed by atoms with Gasteiger partial charge in [0.25, 0.3) is 0 Å². The van der Waals surface area contributed by atoms with Crippen molar-refractivity contribution in [1.29, 1.82) is 0 Å². The Morgan fingerprint density at radius 3 is 2.00 bits per heavy atom. The molecule has 4 N–H and O–H groups in total. The van der Waals surface area contributed by atoms with Crippen molar-refractivity contribution in [3.05, 3.63) is 71.8 Å². The SMILES string of the molecule is CC(C)(c1ccc(O)c(-c2ccccc2)c1)c1ccc(O)c(O)c1O. The van der Waals surface area contributed by atoms with Crippen LogP contribution in [0.5, 0.6) is 23.0 Å². The molecule has 0 aliphatic heterocycles. The van der Waals surface area contributed by atoms with Crippen LogP contribution in [0.15, 0.2) is 60.7 Å². The molecule has 4 heteroatoms. The third-order valence-corrected chi connectivity index (χ3v) is 4.61. The minimum absolute atomic E-state index is 0.170. The van der Waals surface area contributed by atoms with E-state index in [0.717, 1.165) is 11.1 Å². The molecule has 0 aliphatic carbocycles. The number of rotatable bonds is 3. The Hall–Kier alpha value is -3.14. The molecule has 0 unspecified atom stereocenters. The van der Waals surface area contributed by atoms with Crippen LogP contribution in [0.3, 0.4) is 0 Å². The van der Waals surface area contributed by atoms with Gasteiger partial charge >= 0.3 is 0 Å². The third-order valence-electron chi connectivity index (χ3n) is 4.61. The third kappa shape index (κ3) is 2.87. The lowest BCUT2D eigenvalue weighted by Crippen LogP contribution is -2.19. The Bertz CT molecular complexity index is 915. The van der Waals surface area contributed by atoms with Crippen LogP contribution in [0.25, 0.3) is 11.1 Å². The summed E-state index contributed by atoms with van der Waals surface area (Å²) in [5, 5.41) is 39.9. The zero-order chi connectivity index (χ0) is 18.2. The van der Waals surface area contributed by atoms with E-state index < -0.39 is 11.2 Å². The topological polar surface area (TPSA) is 80.9 Å². The summed E-state index contributed by atoms with van der Waals surface area (Å²) < 4.78 is 0. The van der Waals surface area contributed by atoms with E-state index in [1.807, 2.05) is 50.2 Å². The molecule has 128 valence electrons. The van der Waals surface area contributed by atoms with Crippen molar-refractivity contribution in [2.24, 2.45) is 0 Å². The molecule has 0 radical (unpaired) electrons. The maximum absolute atomic E-state index is 10.3. The van der Waals surface area contributed by atoms with E-state index in [9.17, 15) is 20.4 Å². The van der Waals surface area contributed by atoms with Crippen molar-refractivity contribution < 1.29 is 20.4 Å². The van der Waals surface area contributed by atoms with E-state index in [0.29, 0.717) is 11.1 Å².